The summed E-state index contributed by atoms with van der Waals surface area (Å²) < 4.78 is 0. The van der Waals surface area contributed by atoms with Crippen LogP contribution in [0, 0.1) is 0 Å². The van der Waals surface area contributed by atoms with Gasteiger partial charge in [0.15, 0.2) is 0 Å². The topological polar surface area (TPSA) is 52.0 Å². The molecule has 4 N–H and O–H groups in total. The molecule has 2 aromatic carbocycles. The van der Waals surface area contributed by atoms with Crippen molar-refractivity contribution in [3.8, 4) is 0 Å². The molecule has 0 radical (unpaired) electrons. The third kappa shape index (κ3) is 3.13. The minimum atomic E-state index is 0.518. The lowest BCUT2D eigenvalue weighted by Crippen LogP contribution is -2.10. The Balaban J connectivity index is 2.32. The second-order valence-corrected chi connectivity index (χ2v) is 5.36. The highest BCUT2D eigenvalue weighted by Crippen LogP contribution is 2.38. The van der Waals surface area contributed by atoms with Crippen LogP contribution in [0.5, 0.6) is 0 Å². The smallest absolute Gasteiger partial charge is 0.0314 e. The van der Waals surface area contributed by atoms with Gasteiger partial charge >= 0.3 is 0 Å². The van der Waals surface area contributed by atoms with Gasteiger partial charge in [0.2, 0.25) is 0 Å². The molecule has 2 unspecified atom stereocenters. The van der Waals surface area contributed by atoms with Gasteiger partial charge in [-0.3, -0.25) is 0 Å². The van der Waals surface area contributed by atoms with E-state index in [2.05, 4.69) is 38.1 Å². The van der Waals surface area contributed by atoms with Gasteiger partial charge in [-0.25, -0.2) is 0 Å². The molecule has 0 aliphatic heterocycles. The van der Waals surface area contributed by atoms with E-state index in [9.17, 15) is 0 Å². The molecule has 2 aromatic rings. The molecule has 0 spiro atoms. The number of nitrogens with two attached hydrogens (primary N) is 2. The summed E-state index contributed by atoms with van der Waals surface area (Å²) in [5.41, 5.74) is 16.0. The summed E-state index contributed by atoms with van der Waals surface area (Å²) in [5, 5.41) is 0. The van der Waals surface area contributed by atoms with Crippen molar-refractivity contribution in [1.82, 2.24) is 0 Å². The van der Waals surface area contributed by atoms with Gasteiger partial charge in [-0.1, -0.05) is 38.1 Å². The van der Waals surface area contributed by atoms with Crippen molar-refractivity contribution < 1.29 is 0 Å². The second-order valence-electron chi connectivity index (χ2n) is 5.36. The first kappa shape index (κ1) is 14.4. The molecule has 0 amide bonds. The van der Waals surface area contributed by atoms with Gasteiger partial charge in [0, 0.05) is 11.4 Å². The third-order valence-corrected chi connectivity index (χ3v) is 4.09. The van der Waals surface area contributed by atoms with Crippen molar-refractivity contribution in [2.45, 2.75) is 38.5 Å². The molecular weight excluding hydrogens is 244 g/mol. The Morgan fingerprint density at radius 1 is 0.650 bits per heavy atom. The highest BCUT2D eigenvalue weighted by atomic mass is 14.5. The zero-order chi connectivity index (χ0) is 14.5. The molecule has 0 aromatic heterocycles. The Morgan fingerprint density at radius 3 is 1.20 bits per heavy atom. The Morgan fingerprint density at radius 2 is 0.950 bits per heavy atom. The van der Waals surface area contributed by atoms with Gasteiger partial charge in [-0.2, -0.15) is 0 Å². The Hall–Kier alpha value is -1.96. The molecule has 0 fully saturated rings. The second kappa shape index (κ2) is 6.47. The summed E-state index contributed by atoms with van der Waals surface area (Å²) in [4.78, 5) is 0. The highest BCUT2D eigenvalue weighted by Gasteiger charge is 2.21. The predicted molar refractivity (Wildman–Crippen MR) is 87.8 cm³/mol. The van der Waals surface area contributed by atoms with Crippen LogP contribution in [0.4, 0.5) is 11.4 Å². The van der Waals surface area contributed by atoms with Crippen molar-refractivity contribution in [3.63, 3.8) is 0 Å². The summed E-state index contributed by atoms with van der Waals surface area (Å²) in [7, 11) is 0. The minimum Gasteiger partial charge on any atom is -0.399 e. The Bertz CT molecular complexity index is 477. The largest absolute Gasteiger partial charge is 0.399 e. The lowest BCUT2D eigenvalue weighted by Gasteiger charge is -2.26. The van der Waals surface area contributed by atoms with Crippen LogP contribution >= 0.6 is 0 Å². The van der Waals surface area contributed by atoms with Gasteiger partial charge in [-0.15, -0.1) is 0 Å². The Kier molecular flexibility index (Phi) is 4.67. The monoisotopic (exact) mass is 268 g/mol. The van der Waals surface area contributed by atoms with E-state index in [0.29, 0.717) is 11.8 Å². The minimum absolute atomic E-state index is 0.518. The fourth-order valence-corrected chi connectivity index (χ4v) is 2.99. The molecule has 2 nitrogen and oxygen atoms in total. The van der Waals surface area contributed by atoms with E-state index in [-0.39, 0.29) is 0 Å². The van der Waals surface area contributed by atoms with Crippen LogP contribution in [0.1, 0.15) is 49.7 Å². The highest BCUT2D eigenvalue weighted by molar-refractivity contribution is 5.43. The number of hydrogen-bond acceptors (Lipinski definition) is 2. The molecule has 2 heteroatoms. The SMILES string of the molecule is CCC(c1ccc(N)cc1)C(CC)c1ccc(N)cc1. The predicted octanol–water partition coefficient (Wildman–Crippen LogP) is 4.54. The molecule has 0 heterocycles. The average molecular weight is 268 g/mol. The number of nitrogen functional groups attached to an aromatic ring is 2. The average Bonchev–Trinajstić information content (AvgIpc) is 2.47. The molecule has 0 saturated heterocycles. The van der Waals surface area contributed by atoms with Gasteiger partial charge in [-0.05, 0) is 60.1 Å². The van der Waals surface area contributed by atoms with Crippen molar-refractivity contribution in [1.29, 1.82) is 0 Å². The number of anilines is 2. The molecule has 20 heavy (non-hydrogen) atoms. The molecular formula is C18H24N2. The van der Waals surface area contributed by atoms with Crippen LogP contribution in [0.2, 0.25) is 0 Å². The molecule has 2 rings (SSSR count). The Labute approximate surface area is 121 Å². The molecule has 2 atom stereocenters. The number of hydrogen-bond donors (Lipinski definition) is 2. The first-order valence-corrected chi connectivity index (χ1v) is 7.36. The zero-order valence-electron chi connectivity index (χ0n) is 12.3. The molecule has 0 aliphatic rings. The van der Waals surface area contributed by atoms with Gasteiger partial charge < -0.3 is 11.5 Å². The lowest BCUT2D eigenvalue weighted by molar-refractivity contribution is 0.510. The van der Waals surface area contributed by atoms with Crippen LogP contribution in [-0.4, -0.2) is 0 Å². The van der Waals surface area contributed by atoms with E-state index in [0.717, 1.165) is 24.2 Å². The van der Waals surface area contributed by atoms with E-state index in [4.69, 9.17) is 11.5 Å². The first-order valence-electron chi connectivity index (χ1n) is 7.36. The van der Waals surface area contributed by atoms with E-state index in [1.807, 2.05) is 24.3 Å². The van der Waals surface area contributed by atoms with Crippen molar-refractivity contribution in [2.24, 2.45) is 0 Å². The quantitative estimate of drug-likeness (QED) is 0.782. The molecule has 106 valence electrons. The third-order valence-electron chi connectivity index (χ3n) is 4.09. The van der Waals surface area contributed by atoms with Crippen molar-refractivity contribution in [3.05, 3.63) is 59.7 Å². The fourth-order valence-electron chi connectivity index (χ4n) is 2.99. The van der Waals surface area contributed by atoms with Crippen LogP contribution < -0.4 is 11.5 Å². The standard InChI is InChI=1S/C18H24N2/c1-3-17(13-5-9-15(19)10-6-13)18(4-2)14-7-11-16(20)12-8-14/h5-12,17-18H,3-4,19-20H2,1-2H3. The maximum Gasteiger partial charge on any atom is 0.0314 e. The summed E-state index contributed by atoms with van der Waals surface area (Å²) >= 11 is 0. The van der Waals surface area contributed by atoms with E-state index in [1.165, 1.54) is 11.1 Å². The van der Waals surface area contributed by atoms with Gasteiger partial charge in [0.25, 0.3) is 0 Å². The number of benzene rings is 2. The van der Waals surface area contributed by atoms with E-state index in [1.54, 1.807) is 0 Å². The zero-order valence-corrected chi connectivity index (χ0v) is 12.3. The summed E-state index contributed by atoms with van der Waals surface area (Å²) in [6.45, 7) is 4.50. The maximum atomic E-state index is 5.79. The first-order chi connectivity index (χ1) is 9.65. The lowest BCUT2D eigenvalue weighted by atomic mass is 9.78. The maximum absolute atomic E-state index is 5.79. The van der Waals surface area contributed by atoms with Gasteiger partial charge in [0.05, 0.1) is 0 Å². The summed E-state index contributed by atoms with van der Waals surface area (Å²) in [5.74, 6) is 1.04. The molecule has 0 bridgehead atoms. The normalized spacial score (nSPS) is 13.9. The van der Waals surface area contributed by atoms with Crippen LogP contribution in [-0.2, 0) is 0 Å². The summed E-state index contributed by atoms with van der Waals surface area (Å²) in [6, 6.07) is 16.6. The molecule has 0 aliphatic carbocycles. The van der Waals surface area contributed by atoms with Crippen molar-refractivity contribution >= 4 is 11.4 Å². The van der Waals surface area contributed by atoms with Crippen molar-refractivity contribution in [2.75, 3.05) is 11.5 Å². The van der Waals surface area contributed by atoms with E-state index < -0.39 is 0 Å². The number of rotatable bonds is 5. The van der Waals surface area contributed by atoms with E-state index >= 15 is 0 Å². The van der Waals surface area contributed by atoms with Crippen LogP contribution in [0.25, 0.3) is 0 Å². The summed E-state index contributed by atoms with van der Waals surface area (Å²) in [6.07, 6.45) is 2.24. The van der Waals surface area contributed by atoms with Crippen LogP contribution in [0.3, 0.4) is 0 Å². The van der Waals surface area contributed by atoms with Crippen LogP contribution in [0.15, 0.2) is 48.5 Å². The van der Waals surface area contributed by atoms with Gasteiger partial charge in [0.1, 0.15) is 0 Å². The molecule has 0 saturated carbocycles. The fraction of sp³-hybridized carbons (Fsp3) is 0.333.